The van der Waals surface area contributed by atoms with E-state index in [1.165, 1.54) is 43.9 Å². The first kappa shape index (κ1) is 40.0. The maximum absolute atomic E-state index is 14.4. The number of nitroso groups, excluding NO2 is 1. The van der Waals surface area contributed by atoms with Gasteiger partial charge in [0.05, 0.1) is 35.3 Å². The number of nitrogens with zero attached hydrogens (tertiary/aromatic N) is 5. The van der Waals surface area contributed by atoms with Crippen LogP contribution < -0.4 is 11.0 Å². The van der Waals surface area contributed by atoms with Crippen molar-refractivity contribution in [1.29, 1.82) is 0 Å². The zero-order valence-electron chi connectivity index (χ0n) is 30.9. The van der Waals surface area contributed by atoms with E-state index in [4.69, 9.17) is 0 Å². The normalized spacial score (nSPS) is 14.2. The van der Waals surface area contributed by atoms with Crippen molar-refractivity contribution in [1.82, 2.24) is 23.7 Å². The molecule has 0 aliphatic rings. The van der Waals surface area contributed by atoms with Crippen molar-refractivity contribution in [3.8, 4) is 5.88 Å². The van der Waals surface area contributed by atoms with Gasteiger partial charge < -0.3 is 15.5 Å². The number of para-hydroxylation sites is 1. The summed E-state index contributed by atoms with van der Waals surface area (Å²) in [4.78, 5) is 43.5. The Morgan fingerprint density at radius 2 is 1.63 bits per heavy atom. The summed E-state index contributed by atoms with van der Waals surface area (Å²) in [5, 5.41) is 29.6. The molecular weight excluding hydrogens is 709 g/mol. The molecule has 286 valence electrons. The minimum absolute atomic E-state index is 0.00561. The molecule has 0 saturated heterocycles. The number of pyridine rings is 1. The van der Waals surface area contributed by atoms with Gasteiger partial charge in [-0.1, -0.05) is 100.0 Å². The number of aliphatic hydroxyl groups excluding tert-OH is 1. The SMILES string of the molecule is CC[C@H](C)[C@@H](C(=O)N[C@@H](Cc1ccccc1)[C@H](O)CN(CC(C)C)S(=O)(=O)c1ccc(CN=O)cc1)n1cc(O)n(Cc2ccnc3ccccc23)c1=O. The lowest BCUT2D eigenvalue weighted by molar-refractivity contribution is -0.127. The molecular formula is C40H48N6O7S. The number of benzene rings is 3. The topological polar surface area (TPSA) is 176 Å². The van der Waals surface area contributed by atoms with E-state index in [1.807, 2.05) is 82.3 Å². The number of aliphatic hydroxyl groups is 1. The van der Waals surface area contributed by atoms with Crippen LogP contribution in [0.2, 0.25) is 0 Å². The van der Waals surface area contributed by atoms with Gasteiger partial charge >= 0.3 is 5.69 Å². The Hall–Kier alpha value is -5.18. The van der Waals surface area contributed by atoms with Crippen molar-refractivity contribution in [2.24, 2.45) is 17.0 Å². The molecule has 0 aliphatic heterocycles. The summed E-state index contributed by atoms with van der Waals surface area (Å²) in [6.07, 6.45) is 2.22. The largest absolute Gasteiger partial charge is 0.493 e. The van der Waals surface area contributed by atoms with E-state index in [0.717, 1.165) is 22.0 Å². The van der Waals surface area contributed by atoms with Crippen LogP contribution in [-0.2, 0) is 34.3 Å². The van der Waals surface area contributed by atoms with E-state index >= 15 is 0 Å². The second kappa shape index (κ2) is 17.8. The number of aromatic nitrogens is 3. The van der Waals surface area contributed by atoms with Gasteiger partial charge in [-0.25, -0.2) is 13.2 Å². The lowest BCUT2D eigenvalue weighted by atomic mass is 9.96. The monoisotopic (exact) mass is 756 g/mol. The molecule has 0 spiro atoms. The molecule has 5 rings (SSSR count). The Bertz CT molecular complexity index is 2200. The van der Waals surface area contributed by atoms with Crippen LogP contribution in [0.4, 0.5) is 0 Å². The van der Waals surface area contributed by atoms with Crippen molar-refractivity contribution in [2.75, 3.05) is 13.1 Å². The van der Waals surface area contributed by atoms with Gasteiger partial charge in [0.1, 0.15) is 12.6 Å². The summed E-state index contributed by atoms with van der Waals surface area (Å²) in [7, 11) is -4.11. The number of carbonyl (C=O) groups excluding carboxylic acids is 1. The second-order valence-electron chi connectivity index (χ2n) is 14.1. The van der Waals surface area contributed by atoms with Crippen molar-refractivity contribution < 1.29 is 23.4 Å². The first-order chi connectivity index (χ1) is 25.8. The molecule has 1 amide bonds. The van der Waals surface area contributed by atoms with Crippen LogP contribution in [0.25, 0.3) is 10.9 Å². The molecule has 0 saturated carbocycles. The lowest BCUT2D eigenvalue weighted by Crippen LogP contribution is -2.53. The fourth-order valence-corrected chi connectivity index (χ4v) is 8.23. The molecule has 3 aromatic carbocycles. The van der Waals surface area contributed by atoms with E-state index in [2.05, 4.69) is 15.5 Å². The summed E-state index contributed by atoms with van der Waals surface area (Å²) >= 11 is 0. The number of nitrogens with one attached hydrogen (secondary N) is 1. The number of fused-ring (bicyclic) bond motifs is 1. The maximum Gasteiger partial charge on any atom is 0.332 e. The Balaban J connectivity index is 1.46. The van der Waals surface area contributed by atoms with Gasteiger partial charge in [-0.2, -0.15) is 9.21 Å². The number of aromatic hydroxyl groups is 1. The fraction of sp³-hybridized carbons (Fsp3) is 0.375. The first-order valence-corrected chi connectivity index (χ1v) is 19.5. The molecule has 0 aliphatic carbocycles. The fourth-order valence-electron chi connectivity index (χ4n) is 6.60. The number of imidazole rings is 1. The van der Waals surface area contributed by atoms with Gasteiger partial charge in [-0.15, -0.1) is 0 Å². The number of carbonyl (C=O) groups is 1. The average Bonchev–Trinajstić information content (AvgIpc) is 3.42. The van der Waals surface area contributed by atoms with Gasteiger partial charge in [0.15, 0.2) is 0 Å². The molecule has 0 fully saturated rings. The Morgan fingerprint density at radius 1 is 0.944 bits per heavy atom. The van der Waals surface area contributed by atoms with E-state index in [-0.39, 0.29) is 55.2 Å². The number of rotatable bonds is 18. The number of hydrogen-bond acceptors (Lipinski definition) is 9. The molecule has 3 N–H and O–H groups in total. The van der Waals surface area contributed by atoms with Gasteiger partial charge in [0.25, 0.3) is 0 Å². The smallest absolute Gasteiger partial charge is 0.332 e. The van der Waals surface area contributed by atoms with Crippen molar-refractivity contribution in [3.05, 3.63) is 129 Å². The molecule has 5 aromatic rings. The average molecular weight is 757 g/mol. The van der Waals surface area contributed by atoms with Crippen LogP contribution in [-0.4, -0.2) is 68.2 Å². The third-order valence-corrected chi connectivity index (χ3v) is 11.5. The maximum atomic E-state index is 14.4. The van der Waals surface area contributed by atoms with Crippen molar-refractivity contribution >= 4 is 26.8 Å². The zero-order valence-corrected chi connectivity index (χ0v) is 31.8. The summed E-state index contributed by atoms with van der Waals surface area (Å²) in [5.41, 5.74) is 2.28. The highest BCUT2D eigenvalue weighted by atomic mass is 32.2. The summed E-state index contributed by atoms with van der Waals surface area (Å²) in [5.74, 6) is -1.34. The number of hydrogen-bond donors (Lipinski definition) is 3. The molecule has 2 aromatic heterocycles. The van der Waals surface area contributed by atoms with E-state index < -0.39 is 39.8 Å². The highest BCUT2D eigenvalue weighted by molar-refractivity contribution is 7.89. The van der Waals surface area contributed by atoms with E-state index in [1.54, 1.807) is 12.3 Å². The minimum atomic E-state index is -4.11. The molecule has 2 heterocycles. The predicted molar refractivity (Wildman–Crippen MR) is 207 cm³/mol. The van der Waals surface area contributed by atoms with Gasteiger partial charge in [0.2, 0.25) is 21.8 Å². The quantitative estimate of drug-likeness (QED) is 0.102. The summed E-state index contributed by atoms with van der Waals surface area (Å²) in [6.45, 7) is 7.16. The van der Waals surface area contributed by atoms with E-state index in [9.17, 15) is 33.1 Å². The van der Waals surface area contributed by atoms with Crippen LogP contribution in [0.5, 0.6) is 5.88 Å². The third kappa shape index (κ3) is 9.30. The Morgan fingerprint density at radius 3 is 2.30 bits per heavy atom. The van der Waals surface area contributed by atoms with Crippen LogP contribution in [0.1, 0.15) is 56.8 Å². The molecule has 54 heavy (non-hydrogen) atoms. The van der Waals surface area contributed by atoms with Crippen molar-refractivity contribution in [2.45, 2.75) is 76.7 Å². The molecule has 0 unspecified atom stereocenters. The van der Waals surface area contributed by atoms with Gasteiger partial charge in [0, 0.05) is 24.7 Å². The highest BCUT2D eigenvalue weighted by Gasteiger charge is 2.35. The Kier molecular flexibility index (Phi) is 13.2. The van der Waals surface area contributed by atoms with E-state index in [0.29, 0.717) is 12.0 Å². The molecule has 0 radical (unpaired) electrons. The second-order valence-corrected chi connectivity index (χ2v) is 16.0. The Labute approximate surface area is 315 Å². The van der Waals surface area contributed by atoms with Crippen LogP contribution in [0, 0.1) is 16.7 Å². The lowest BCUT2D eigenvalue weighted by Gasteiger charge is -2.32. The third-order valence-electron chi connectivity index (χ3n) is 9.66. The van der Waals surface area contributed by atoms with Crippen LogP contribution in [0.15, 0.2) is 112 Å². The zero-order chi connectivity index (χ0) is 39.0. The summed E-state index contributed by atoms with van der Waals surface area (Å²) in [6, 6.07) is 22.3. The predicted octanol–water partition coefficient (Wildman–Crippen LogP) is 5.24. The molecule has 14 heteroatoms. The standard InChI is InChI=1S/C40H48N6O7S/c1-5-28(4)38(46-26-37(48)45(40(46)50)24-31-19-20-41-34-14-10-9-13-33(31)34)39(49)43-35(21-29-11-7-6-8-12-29)36(47)25-44(23-27(2)3)54(52,53)32-17-15-30(16-18-32)22-42-51/h6-20,26-28,35-36,38,47-48H,5,21-25H2,1-4H3,(H,43,49)/t28-,35-,36+,38-/m0/s1. The first-order valence-electron chi connectivity index (χ1n) is 18.1. The molecule has 0 bridgehead atoms. The minimum Gasteiger partial charge on any atom is -0.493 e. The molecule has 4 atom stereocenters. The highest BCUT2D eigenvalue weighted by Crippen LogP contribution is 2.26. The van der Waals surface area contributed by atoms with Gasteiger partial charge in [-0.3, -0.25) is 18.9 Å². The van der Waals surface area contributed by atoms with Gasteiger partial charge in [-0.05, 0) is 59.2 Å². The summed E-state index contributed by atoms with van der Waals surface area (Å²) < 4.78 is 31.5. The van der Waals surface area contributed by atoms with Crippen LogP contribution in [0.3, 0.4) is 0 Å². The van der Waals surface area contributed by atoms with Crippen LogP contribution >= 0.6 is 0 Å². The number of amides is 1. The number of sulfonamides is 1. The molecule has 13 nitrogen and oxygen atoms in total. The van der Waals surface area contributed by atoms with Crippen molar-refractivity contribution in [3.63, 3.8) is 0 Å².